The van der Waals surface area contributed by atoms with Gasteiger partial charge in [-0.15, -0.1) is 10.2 Å². The van der Waals surface area contributed by atoms with Gasteiger partial charge in [0, 0.05) is 18.7 Å². The normalized spacial score (nSPS) is 12.8. The summed E-state index contributed by atoms with van der Waals surface area (Å²) in [6, 6.07) is 3.44. The fourth-order valence-corrected chi connectivity index (χ4v) is 1.94. The van der Waals surface area contributed by atoms with Crippen LogP contribution < -0.4 is 14.2 Å². The van der Waals surface area contributed by atoms with Gasteiger partial charge in [-0.1, -0.05) is 0 Å². The molecule has 20 heavy (non-hydrogen) atoms. The molecule has 0 bridgehead atoms. The Morgan fingerprint density at radius 2 is 2.05 bits per heavy atom. The summed E-state index contributed by atoms with van der Waals surface area (Å²) in [5.41, 5.74) is 0.646. The van der Waals surface area contributed by atoms with Crippen molar-refractivity contribution in [2.75, 3.05) is 6.79 Å². The molecule has 1 N–H and O–H groups in total. The van der Waals surface area contributed by atoms with Crippen molar-refractivity contribution in [1.82, 2.24) is 14.8 Å². The van der Waals surface area contributed by atoms with Crippen LogP contribution in [0.15, 0.2) is 12.1 Å². The number of benzene rings is 1. The van der Waals surface area contributed by atoms with Crippen molar-refractivity contribution in [3.05, 3.63) is 29.3 Å². The van der Waals surface area contributed by atoms with E-state index in [1.807, 2.05) is 18.5 Å². The van der Waals surface area contributed by atoms with Gasteiger partial charge in [-0.05, 0) is 13.0 Å². The van der Waals surface area contributed by atoms with Gasteiger partial charge in [-0.3, -0.25) is 0 Å². The van der Waals surface area contributed by atoms with E-state index in [1.165, 1.54) is 0 Å². The van der Waals surface area contributed by atoms with Crippen LogP contribution in [0.25, 0.3) is 0 Å². The Kier molecular flexibility index (Phi) is 3.19. The average molecular weight is 277 g/mol. The number of aryl methyl sites for hydroxylation is 1. The van der Waals surface area contributed by atoms with Gasteiger partial charge in [-0.2, -0.15) is 0 Å². The summed E-state index contributed by atoms with van der Waals surface area (Å²) in [5, 5.41) is 17.4. The third-order valence-electron chi connectivity index (χ3n) is 3.27. The van der Waals surface area contributed by atoms with Crippen molar-refractivity contribution < 1.29 is 19.3 Å². The molecule has 7 heteroatoms. The van der Waals surface area contributed by atoms with Gasteiger partial charge in [0.1, 0.15) is 18.2 Å². The van der Waals surface area contributed by atoms with Gasteiger partial charge in [0.15, 0.2) is 17.3 Å². The molecule has 2 heterocycles. The van der Waals surface area contributed by atoms with Gasteiger partial charge in [-0.25, -0.2) is 0 Å². The molecule has 3 rings (SSSR count). The van der Waals surface area contributed by atoms with E-state index in [2.05, 4.69) is 10.2 Å². The van der Waals surface area contributed by atoms with Gasteiger partial charge < -0.3 is 23.9 Å². The smallest absolute Gasteiger partial charge is 0.231 e. The second-order valence-electron chi connectivity index (χ2n) is 4.48. The summed E-state index contributed by atoms with van der Waals surface area (Å²) in [7, 11) is 1.88. The second-order valence-corrected chi connectivity index (χ2v) is 4.48. The van der Waals surface area contributed by atoms with Crippen molar-refractivity contribution in [1.29, 1.82) is 0 Å². The summed E-state index contributed by atoms with van der Waals surface area (Å²) < 4.78 is 18.1. The number of rotatable bonds is 4. The summed E-state index contributed by atoms with van der Waals surface area (Å²) in [6.07, 6.45) is 0. The predicted octanol–water partition coefficient (Wildman–Crippen LogP) is 0.924. The lowest BCUT2D eigenvalue weighted by Gasteiger charge is -2.11. The number of hydrogen-bond acceptors (Lipinski definition) is 6. The van der Waals surface area contributed by atoms with Gasteiger partial charge in [0.25, 0.3) is 0 Å². The van der Waals surface area contributed by atoms with Crippen molar-refractivity contribution >= 4 is 0 Å². The number of nitrogens with zero attached hydrogens (tertiary/aromatic N) is 3. The molecule has 106 valence electrons. The summed E-state index contributed by atoms with van der Waals surface area (Å²) >= 11 is 0. The Bertz CT molecular complexity index is 639. The highest BCUT2D eigenvalue weighted by Gasteiger charge is 2.18. The van der Waals surface area contributed by atoms with Crippen LogP contribution in [-0.4, -0.2) is 26.7 Å². The first-order chi connectivity index (χ1) is 9.69. The first-order valence-corrected chi connectivity index (χ1v) is 6.20. The second kappa shape index (κ2) is 5.01. The molecule has 7 nitrogen and oxygen atoms in total. The van der Waals surface area contributed by atoms with Crippen LogP contribution in [0.1, 0.15) is 17.2 Å². The Hall–Kier alpha value is -2.28. The SMILES string of the molecule is Cc1nnc(COc2cc3c(cc2CO)OCO3)n1C. The minimum atomic E-state index is -0.135. The summed E-state index contributed by atoms with van der Waals surface area (Å²) in [4.78, 5) is 0. The van der Waals surface area contributed by atoms with Crippen LogP contribution >= 0.6 is 0 Å². The number of aliphatic hydroxyl groups is 1. The Morgan fingerprint density at radius 1 is 1.30 bits per heavy atom. The van der Waals surface area contributed by atoms with E-state index in [0.29, 0.717) is 28.6 Å². The Labute approximate surface area is 115 Å². The van der Waals surface area contributed by atoms with E-state index in [-0.39, 0.29) is 20.0 Å². The molecule has 0 unspecified atom stereocenters. The summed E-state index contributed by atoms with van der Waals surface area (Å²) in [5.74, 6) is 3.32. The molecule has 0 saturated heterocycles. The van der Waals surface area contributed by atoms with Crippen LogP contribution in [0.2, 0.25) is 0 Å². The van der Waals surface area contributed by atoms with Crippen molar-refractivity contribution in [2.45, 2.75) is 20.1 Å². The molecule has 1 aliphatic heterocycles. The number of fused-ring (bicyclic) bond motifs is 1. The van der Waals surface area contributed by atoms with Crippen LogP contribution in [-0.2, 0) is 20.3 Å². The molecule has 0 atom stereocenters. The molecule has 1 aromatic carbocycles. The lowest BCUT2D eigenvalue weighted by Crippen LogP contribution is -2.05. The van der Waals surface area contributed by atoms with Crippen molar-refractivity contribution in [3.63, 3.8) is 0 Å². The first-order valence-electron chi connectivity index (χ1n) is 6.20. The fourth-order valence-electron chi connectivity index (χ4n) is 1.94. The van der Waals surface area contributed by atoms with E-state index in [1.54, 1.807) is 12.1 Å². The third kappa shape index (κ3) is 2.16. The zero-order valence-electron chi connectivity index (χ0n) is 11.3. The maximum atomic E-state index is 9.40. The molecule has 0 fully saturated rings. The largest absolute Gasteiger partial charge is 0.485 e. The molecule has 1 aromatic heterocycles. The molecule has 0 radical (unpaired) electrons. The van der Waals surface area contributed by atoms with E-state index in [9.17, 15) is 5.11 Å². The molecule has 0 spiro atoms. The summed E-state index contributed by atoms with van der Waals surface area (Å²) in [6.45, 7) is 2.19. The molecular formula is C13H15N3O4. The fraction of sp³-hybridized carbons (Fsp3) is 0.385. The van der Waals surface area contributed by atoms with E-state index >= 15 is 0 Å². The average Bonchev–Trinajstić information content (AvgIpc) is 3.03. The van der Waals surface area contributed by atoms with E-state index < -0.39 is 0 Å². The predicted molar refractivity (Wildman–Crippen MR) is 68.6 cm³/mol. The molecule has 1 aliphatic rings. The van der Waals surface area contributed by atoms with Gasteiger partial charge in [0.2, 0.25) is 6.79 Å². The van der Waals surface area contributed by atoms with Crippen LogP contribution in [0.4, 0.5) is 0 Å². The Balaban J connectivity index is 1.82. The zero-order valence-corrected chi connectivity index (χ0v) is 11.3. The van der Waals surface area contributed by atoms with E-state index in [0.717, 1.165) is 5.82 Å². The number of ether oxygens (including phenoxy) is 3. The lowest BCUT2D eigenvalue weighted by molar-refractivity contribution is 0.173. The first kappa shape index (κ1) is 12.7. The molecule has 0 aliphatic carbocycles. The maximum absolute atomic E-state index is 9.40. The molecule has 0 amide bonds. The van der Waals surface area contributed by atoms with Crippen LogP contribution in [0.3, 0.4) is 0 Å². The number of hydrogen-bond donors (Lipinski definition) is 1. The highest BCUT2D eigenvalue weighted by atomic mass is 16.7. The molecule has 0 saturated carbocycles. The standard InChI is InChI=1S/C13H15N3O4/c1-8-14-15-13(16(8)2)6-18-10-4-12-11(19-7-20-12)3-9(10)5-17/h3-4,17H,5-7H2,1-2H3. The zero-order chi connectivity index (χ0) is 14.1. The highest BCUT2D eigenvalue weighted by Crippen LogP contribution is 2.38. The molecular weight excluding hydrogens is 262 g/mol. The quantitative estimate of drug-likeness (QED) is 0.895. The maximum Gasteiger partial charge on any atom is 0.231 e. The van der Waals surface area contributed by atoms with Gasteiger partial charge >= 0.3 is 0 Å². The monoisotopic (exact) mass is 277 g/mol. The topological polar surface area (TPSA) is 78.6 Å². The highest BCUT2D eigenvalue weighted by molar-refractivity contribution is 5.51. The molecule has 2 aromatic rings. The van der Waals surface area contributed by atoms with Crippen LogP contribution in [0.5, 0.6) is 17.2 Å². The number of aromatic nitrogens is 3. The Morgan fingerprint density at radius 3 is 2.70 bits per heavy atom. The minimum absolute atomic E-state index is 0.135. The minimum Gasteiger partial charge on any atom is -0.485 e. The van der Waals surface area contributed by atoms with Crippen LogP contribution in [0, 0.1) is 6.92 Å². The lowest BCUT2D eigenvalue weighted by atomic mass is 10.2. The van der Waals surface area contributed by atoms with E-state index in [4.69, 9.17) is 14.2 Å². The van der Waals surface area contributed by atoms with Gasteiger partial charge in [0.05, 0.1) is 6.61 Å². The number of aliphatic hydroxyl groups excluding tert-OH is 1. The van der Waals surface area contributed by atoms with Crippen molar-refractivity contribution in [2.24, 2.45) is 7.05 Å². The van der Waals surface area contributed by atoms with Crippen molar-refractivity contribution in [3.8, 4) is 17.2 Å². The third-order valence-corrected chi connectivity index (χ3v) is 3.27.